The maximum absolute atomic E-state index is 12.2. The molecule has 0 saturated carbocycles. The van der Waals surface area contributed by atoms with Crippen molar-refractivity contribution in [1.29, 1.82) is 0 Å². The highest BCUT2D eigenvalue weighted by Gasteiger charge is 2.17. The Balaban J connectivity index is 1.37. The summed E-state index contributed by atoms with van der Waals surface area (Å²) in [5.74, 6) is 1.63. The Hall–Kier alpha value is -2.92. The summed E-state index contributed by atoms with van der Waals surface area (Å²) in [5.41, 5.74) is 0.836. The largest absolute Gasteiger partial charge is 0.486 e. The van der Waals surface area contributed by atoms with Crippen LogP contribution in [0.5, 0.6) is 17.2 Å². The van der Waals surface area contributed by atoms with E-state index in [2.05, 4.69) is 5.32 Å². The first-order valence-corrected chi connectivity index (χ1v) is 9.04. The van der Waals surface area contributed by atoms with E-state index in [4.69, 9.17) is 25.8 Å². The van der Waals surface area contributed by atoms with Crippen LogP contribution in [-0.4, -0.2) is 25.7 Å². The average molecular weight is 384 g/mol. The van der Waals surface area contributed by atoms with Gasteiger partial charge in [-0.05, 0) is 29.1 Å². The van der Waals surface area contributed by atoms with Crippen LogP contribution in [0.3, 0.4) is 0 Å². The summed E-state index contributed by atoms with van der Waals surface area (Å²) >= 11 is 6.22. The molecule has 1 aliphatic rings. The number of ether oxygens (including phenoxy) is 3. The molecule has 6 heteroatoms. The highest BCUT2D eigenvalue weighted by molar-refractivity contribution is 6.32. The van der Waals surface area contributed by atoms with Gasteiger partial charge in [-0.1, -0.05) is 48.0 Å². The van der Waals surface area contributed by atoms with E-state index in [0.29, 0.717) is 42.0 Å². The van der Waals surface area contributed by atoms with Crippen molar-refractivity contribution in [3.63, 3.8) is 0 Å². The first-order chi connectivity index (χ1) is 13.2. The molecular formula is C21H18ClNO4. The van der Waals surface area contributed by atoms with Gasteiger partial charge >= 0.3 is 0 Å². The highest BCUT2D eigenvalue weighted by atomic mass is 35.5. The molecule has 5 nitrogen and oxygen atoms in total. The van der Waals surface area contributed by atoms with Gasteiger partial charge in [0.15, 0.2) is 18.1 Å². The van der Waals surface area contributed by atoms with Crippen molar-refractivity contribution < 1.29 is 19.0 Å². The van der Waals surface area contributed by atoms with E-state index in [9.17, 15) is 4.79 Å². The lowest BCUT2D eigenvalue weighted by atomic mass is 10.1. The first-order valence-electron chi connectivity index (χ1n) is 8.66. The maximum atomic E-state index is 12.2. The van der Waals surface area contributed by atoms with Crippen molar-refractivity contribution in [3.05, 3.63) is 65.2 Å². The van der Waals surface area contributed by atoms with Crippen molar-refractivity contribution in [1.82, 2.24) is 5.32 Å². The van der Waals surface area contributed by atoms with Gasteiger partial charge in [0.05, 0.1) is 5.02 Å². The molecule has 0 fully saturated rings. The summed E-state index contributed by atoms with van der Waals surface area (Å²) in [6.45, 7) is 1.23. The van der Waals surface area contributed by atoms with Crippen LogP contribution in [0, 0.1) is 0 Å². The first kappa shape index (κ1) is 17.5. The van der Waals surface area contributed by atoms with Crippen molar-refractivity contribution >= 4 is 28.3 Å². The van der Waals surface area contributed by atoms with Gasteiger partial charge in [0.2, 0.25) is 0 Å². The van der Waals surface area contributed by atoms with E-state index >= 15 is 0 Å². The topological polar surface area (TPSA) is 56.8 Å². The van der Waals surface area contributed by atoms with Gasteiger partial charge in [-0.15, -0.1) is 0 Å². The number of hydrogen-bond acceptors (Lipinski definition) is 4. The summed E-state index contributed by atoms with van der Waals surface area (Å²) in [6, 6.07) is 17.3. The van der Waals surface area contributed by atoms with Crippen LogP contribution >= 0.6 is 11.6 Å². The Morgan fingerprint density at radius 3 is 2.81 bits per heavy atom. The second-order valence-corrected chi connectivity index (χ2v) is 6.55. The maximum Gasteiger partial charge on any atom is 0.258 e. The van der Waals surface area contributed by atoms with Crippen molar-refractivity contribution in [3.8, 4) is 17.2 Å². The molecule has 0 radical (unpaired) electrons. The summed E-state index contributed by atoms with van der Waals surface area (Å²) < 4.78 is 16.7. The van der Waals surface area contributed by atoms with Crippen LogP contribution in [0.1, 0.15) is 5.56 Å². The van der Waals surface area contributed by atoms with E-state index < -0.39 is 0 Å². The van der Waals surface area contributed by atoms with E-state index in [0.717, 1.165) is 16.3 Å². The fourth-order valence-electron chi connectivity index (χ4n) is 2.98. The van der Waals surface area contributed by atoms with Crippen molar-refractivity contribution in [2.45, 2.75) is 6.54 Å². The highest BCUT2D eigenvalue weighted by Crippen LogP contribution is 2.38. The lowest BCUT2D eigenvalue weighted by molar-refractivity contribution is -0.123. The third-order valence-corrected chi connectivity index (χ3v) is 4.54. The smallest absolute Gasteiger partial charge is 0.258 e. The molecule has 1 amide bonds. The summed E-state index contributed by atoms with van der Waals surface area (Å²) in [7, 11) is 0. The second kappa shape index (κ2) is 7.76. The third kappa shape index (κ3) is 3.93. The number of nitrogens with one attached hydrogen (secondary N) is 1. The molecular weight excluding hydrogens is 366 g/mol. The Morgan fingerprint density at radius 1 is 1.07 bits per heavy atom. The molecule has 0 saturated heterocycles. The zero-order chi connectivity index (χ0) is 18.6. The molecule has 4 rings (SSSR count). The minimum Gasteiger partial charge on any atom is -0.486 e. The van der Waals surface area contributed by atoms with Gasteiger partial charge in [-0.25, -0.2) is 0 Å². The molecule has 1 heterocycles. The lowest BCUT2D eigenvalue weighted by Gasteiger charge is -2.20. The summed E-state index contributed by atoms with van der Waals surface area (Å²) in [6.07, 6.45) is 0. The normalized spacial score (nSPS) is 12.6. The number of carbonyl (C=O) groups is 1. The average Bonchev–Trinajstić information content (AvgIpc) is 2.71. The van der Waals surface area contributed by atoms with Crippen LogP contribution in [0.25, 0.3) is 10.8 Å². The molecule has 138 valence electrons. The number of rotatable bonds is 5. The van der Waals surface area contributed by atoms with Crippen LogP contribution < -0.4 is 19.5 Å². The zero-order valence-corrected chi connectivity index (χ0v) is 15.3. The van der Waals surface area contributed by atoms with Gasteiger partial charge in [-0.3, -0.25) is 4.79 Å². The molecule has 27 heavy (non-hydrogen) atoms. The number of carbonyl (C=O) groups excluding carboxylic acids is 1. The minimum absolute atomic E-state index is 0.0632. The molecule has 1 aliphatic heterocycles. The van der Waals surface area contributed by atoms with E-state index in [1.54, 1.807) is 6.07 Å². The predicted molar refractivity (Wildman–Crippen MR) is 104 cm³/mol. The Bertz CT molecular complexity index is 984. The monoisotopic (exact) mass is 383 g/mol. The fourth-order valence-corrected chi connectivity index (χ4v) is 3.27. The Kier molecular flexibility index (Phi) is 5.03. The van der Waals surface area contributed by atoms with E-state index in [1.165, 1.54) is 0 Å². The van der Waals surface area contributed by atoms with E-state index in [-0.39, 0.29) is 12.5 Å². The molecule has 0 spiro atoms. The van der Waals surface area contributed by atoms with Crippen LogP contribution in [-0.2, 0) is 11.3 Å². The van der Waals surface area contributed by atoms with Crippen LogP contribution in [0.4, 0.5) is 0 Å². The standard InChI is InChI=1S/C21H18ClNO4/c22-17-10-14(11-19-21(17)26-9-8-25-19)12-23-20(24)13-27-18-7-3-5-15-4-1-2-6-16(15)18/h1-7,10-11H,8-9,12-13H2,(H,23,24). The van der Waals surface area contributed by atoms with Crippen LogP contribution in [0.15, 0.2) is 54.6 Å². The summed E-state index contributed by atoms with van der Waals surface area (Å²) in [4.78, 5) is 12.2. The lowest BCUT2D eigenvalue weighted by Crippen LogP contribution is -2.28. The molecule has 1 N–H and O–H groups in total. The molecule has 0 aliphatic carbocycles. The van der Waals surface area contributed by atoms with Gasteiger partial charge in [0, 0.05) is 11.9 Å². The van der Waals surface area contributed by atoms with Crippen molar-refractivity contribution in [2.24, 2.45) is 0 Å². The zero-order valence-electron chi connectivity index (χ0n) is 14.5. The Labute approximate surface area is 161 Å². The molecule has 0 atom stereocenters. The molecule has 0 aromatic heterocycles. The number of amides is 1. The number of fused-ring (bicyclic) bond motifs is 2. The molecule has 0 unspecified atom stereocenters. The number of halogens is 1. The van der Waals surface area contributed by atoms with Gasteiger partial charge in [0.25, 0.3) is 5.91 Å². The number of hydrogen-bond donors (Lipinski definition) is 1. The SMILES string of the molecule is O=C(COc1cccc2ccccc12)NCc1cc(Cl)c2c(c1)OCCO2. The molecule has 3 aromatic carbocycles. The second-order valence-electron chi connectivity index (χ2n) is 6.14. The number of benzene rings is 3. The van der Waals surface area contributed by atoms with Gasteiger partial charge in [-0.2, -0.15) is 0 Å². The van der Waals surface area contributed by atoms with Crippen molar-refractivity contribution in [2.75, 3.05) is 19.8 Å². The third-order valence-electron chi connectivity index (χ3n) is 4.25. The molecule has 3 aromatic rings. The quantitative estimate of drug-likeness (QED) is 0.724. The van der Waals surface area contributed by atoms with Gasteiger partial charge < -0.3 is 19.5 Å². The summed E-state index contributed by atoms with van der Waals surface area (Å²) in [5, 5.41) is 5.36. The van der Waals surface area contributed by atoms with Gasteiger partial charge in [0.1, 0.15) is 19.0 Å². The van der Waals surface area contributed by atoms with E-state index in [1.807, 2.05) is 48.5 Å². The predicted octanol–water partition coefficient (Wildman–Crippen LogP) is 3.96. The molecule has 0 bridgehead atoms. The Morgan fingerprint density at radius 2 is 1.89 bits per heavy atom. The fraction of sp³-hybridized carbons (Fsp3) is 0.190. The van der Waals surface area contributed by atoms with Crippen LogP contribution in [0.2, 0.25) is 5.02 Å². The minimum atomic E-state index is -0.214.